The first kappa shape index (κ1) is 20.9. The Morgan fingerprint density at radius 3 is 2.65 bits per heavy atom. The molecule has 3 heterocycles. The monoisotopic (exact) mass is 419 g/mol. The van der Waals surface area contributed by atoms with E-state index >= 15 is 0 Å². The molecular formula is C24H25N3O4. The minimum Gasteiger partial charge on any atom is -0.376 e. The Labute approximate surface area is 180 Å². The minimum atomic E-state index is -0.385. The topological polar surface area (TPSA) is 90.3 Å². The largest absolute Gasteiger partial charge is 0.376 e. The number of hydrogen-bond acceptors (Lipinski definition) is 5. The number of carbonyl (C=O) groups is 2. The quantitative estimate of drug-likeness (QED) is 0.620. The number of nitrogens with one attached hydrogen (secondary N) is 1. The summed E-state index contributed by atoms with van der Waals surface area (Å²) in [6.45, 7) is 4.86. The van der Waals surface area contributed by atoms with E-state index < -0.39 is 0 Å². The van der Waals surface area contributed by atoms with Crippen LogP contribution in [0.4, 0.5) is 0 Å². The highest BCUT2D eigenvalue weighted by Crippen LogP contribution is 2.15. The van der Waals surface area contributed by atoms with E-state index in [0.717, 1.165) is 30.7 Å². The fraction of sp³-hybridized carbons (Fsp3) is 0.333. The molecule has 31 heavy (non-hydrogen) atoms. The number of pyridine rings is 2. The average molecular weight is 419 g/mol. The standard InChI is InChI=1S/C24H25N3O4/c1-15-5-8-17(9-6-15)22(29)20-13-27(14-21(28)25-12-18-4-3-11-31-18)24-19(23(20)30)10-7-16(2)26-24/h5-10,13,18H,3-4,11-12,14H2,1-2H3,(H,25,28). The van der Waals surface area contributed by atoms with Crippen molar-refractivity contribution in [3.8, 4) is 0 Å². The molecule has 1 N–H and O–H groups in total. The second-order valence-electron chi connectivity index (χ2n) is 7.96. The Morgan fingerprint density at radius 1 is 1.16 bits per heavy atom. The fourth-order valence-corrected chi connectivity index (χ4v) is 3.75. The molecule has 1 saturated heterocycles. The highest BCUT2D eigenvalue weighted by molar-refractivity contribution is 6.10. The van der Waals surface area contributed by atoms with Crippen LogP contribution in [0.5, 0.6) is 0 Å². The van der Waals surface area contributed by atoms with E-state index in [0.29, 0.717) is 23.1 Å². The van der Waals surface area contributed by atoms with Crippen LogP contribution in [0, 0.1) is 13.8 Å². The maximum atomic E-state index is 13.1. The molecule has 1 aliphatic rings. The van der Waals surface area contributed by atoms with Crippen molar-refractivity contribution in [2.45, 2.75) is 39.3 Å². The van der Waals surface area contributed by atoms with Crippen LogP contribution in [-0.4, -0.2) is 40.5 Å². The van der Waals surface area contributed by atoms with E-state index in [4.69, 9.17) is 4.74 Å². The van der Waals surface area contributed by atoms with Gasteiger partial charge in [0.05, 0.1) is 17.1 Å². The van der Waals surface area contributed by atoms with Crippen molar-refractivity contribution in [2.24, 2.45) is 0 Å². The second-order valence-corrected chi connectivity index (χ2v) is 7.96. The number of ether oxygens (including phenoxy) is 1. The Hall–Kier alpha value is -3.32. The van der Waals surface area contributed by atoms with Gasteiger partial charge < -0.3 is 14.6 Å². The number of hydrogen-bond donors (Lipinski definition) is 1. The van der Waals surface area contributed by atoms with Crippen molar-refractivity contribution in [3.63, 3.8) is 0 Å². The summed E-state index contributed by atoms with van der Waals surface area (Å²) in [5, 5.41) is 3.19. The number of aryl methyl sites for hydroxylation is 2. The molecule has 1 amide bonds. The summed E-state index contributed by atoms with van der Waals surface area (Å²) < 4.78 is 7.12. The van der Waals surface area contributed by atoms with Gasteiger partial charge in [-0.1, -0.05) is 29.8 Å². The van der Waals surface area contributed by atoms with Gasteiger partial charge in [-0.15, -0.1) is 0 Å². The SMILES string of the molecule is Cc1ccc(C(=O)c2cn(CC(=O)NCC3CCCO3)c3nc(C)ccc3c2=O)cc1. The summed E-state index contributed by atoms with van der Waals surface area (Å²) in [5.41, 5.74) is 2.19. The number of rotatable bonds is 6. The number of ketones is 1. The zero-order chi connectivity index (χ0) is 22.0. The van der Waals surface area contributed by atoms with Gasteiger partial charge in [-0.2, -0.15) is 0 Å². The summed E-state index contributed by atoms with van der Waals surface area (Å²) >= 11 is 0. The first-order valence-electron chi connectivity index (χ1n) is 10.4. The predicted molar refractivity (Wildman–Crippen MR) is 117 cm³/mol. The van der Waals surface area contributed by atoms with Gasteiger partial charge in [0.25, 0.3) is 0 Å². The lowest BCUT2D eigenvalue weighted by molar-refractivity contribution is -0.122. The first-order valence-corrected chi connectivity index (χ1v) is 10.4. The van der Waals surface area contributed by atoms with Crippen LogP contribution < -0.4 is 10.7 Å². The van der Waals surface area contributed by atoms with Crippen LogP contribution in [0.15, 0.2) is 47.4 Å². The smallest absolute Gasteiger partial charge is 0.240 e. The van der Waals surface area contributed by atoms with Gasteiger partial charge in [0.2, 0.25) is 11.3 Å². The maximum absolute atomic E-state index is 13.1. The summed E-state index contributed by atoms with van der Waals surface area (Å²) in [5.74, 6) is -0.599. The molecule has 4 rings (SSSR count). The number of benzene rings is 1. The fourth-order valence-electron chi connectivity index (χ4n) is 3.75. The summed E-state index contributed by atoms with van der Waals surface area (Å²) in [4.78, 5) is 43.2. The van der Waals surface area contributed by atoms with Gasteiger partial charge in [-0.05, 0) is 38.8 Å². The van der Waals surface area contributed by atoms with Gasteiger partial charge in [0.15, 0.2) is 5.78 Å². The number of fused-ring (bicyclic) bond motifs is 1. The molecule has 160 valence electrons. The minimum absolute atomic E-state index is 0.0222. The molecule has 7 heteroatoms. The lowest BCUT2D eigenvalue weighted by atomic mass is 10.0. The van der Waals surface area contributed by atoms with Crippen molar-refractivity contribution in [1.29, 1.82) is 0 Å². The Balaban J connectivity index is 1.69. The van der Waals surface area contributed by atoms with Crippen molar-refractivity contribution < 1.29 is 14.3 Å². The van der Waals surface area contributed by atoms with E-state index in [-0.39, 0.29) is 35.3 Å². The average Bonchev–Trinajstić information content (AvgIpc) is 3.28. The van der Waals surface area contributed by atoms with E-state index in [9.17, 15) is 14.4 Å². The van der Waals surface area contributed by atoms with Gasteiger partial charge in [0.1, 0.15) is 12.2 Å². The van der Waals surface area contributed by atoms with Crippen LogP contribution in [-0.2, 0) is 16.1 Å². The molecule has 0 bridgehead atoms. The van der Waals surface area contributed by atoms with Crippen LogP contribution in [0.1, 0.15) is 40.0 Å². The van der Waals surface area contributed by atoms with Crippen molar-refractivity contribution in [1.82, 2.24) is 14.9 Å². The molecule has 1 aliphatic heterocycles. The number of amides is 1. The van der Waals surface area contributed by atoms with Gasteiger partial charge in [-0.25, -0.2) is 4.98 Å². The molecular weight excluding hydrogens is 394 g/mol. The zero-order valence-corrected chi connectivity index (χ0v) is 17.7. The van der Waals surface area contributed by atoms with E-state index in [1.54, 1.807) is 28.8 Å². The number of carbonyl (C=O) groups excluding carboxylic acids is 2. The van der Waals surface area contributed by atoms with Crippen LogP contribution in [0.25, 0.3) is 11.0 Å². The Bertz CT molecular complexity index is 1190. The van der Waals surface area contributed by atoms with Gasteiger partial charge >= 0.3 is 0 Å². The Kier molecular flexibility index (Phi) is 5.95. The van der Waals surface area contributed by atoms with Crippen LogP contribution >= 0.6 is 0 Å². The van der Waals surface area contributed by atoms with E-state index in [2.05, 4.69) is 10.3 Å². The second kappa shape index (κ2) is 8.81. The number of aromatic nitrogens is 2. The summed E-state index contributed by atoms with van der Waals surface area (Å²) in [7, 11) is 0. The molecule has 1 aromatic carbocycles. The highest BCUT2D eigenvalue weighted by atomic mass is 16.5. The van der Waals surface area contributed by atoms with Crippen molar-refractivity contribution >= 4 is 22.7 Å². The summed E-state index contributed by atoms with van der Waals surface area (Å²) in [6.07, 6.45) is 3.41. The molecule has 1 unspecified atom stereocenters. The first-order chi connectivity index (χ1) is 14.9. The lowest BCUT2D eigenvalue weighted by Crippen LogP contribution is -2.34. The van der Waals surface area contributed by atoms with Crippen molar-refractivity contribution in [3.05, 3.63) is 75.2 Å². The third-order valence-electron chi connectivity index (χ3n) is 5.48. The predicted octanol–water partition coefficient (Wildman–Crippen LogP) is 2.54. The van der Waals surface area contributed by atoms with Crippen LogP contribution in [0.2, 0.25) is 0 Å². The zero-order valence-electron chi connectivity index (χ0n) is 17.7. The van der Waals surface area contributed by atoms with E-state index in [1.165, 1.54) is 6.20 Å². The maximum Gasteiger partial charge on any atom is 0.240 e. The molecule has 1 atom stereocenters. The molecule has 0 radical (unpaired) electrons. The highest BCUT2D eigenvalue weighted by Gasteiger charge is 2.20. The third kappa shape index (κ3) is 4.56. The van der Waals surface area contributed by atoms with Gasteiger partial charge in [0, 0.05) is 30.6 Å². The Morgan fingerprint density at radius 2 is 1.94 bits per heavy atom. The molecule has 0 spiro atoms. The van der Waals surface area contributed by atoms with Crippen molar-refractivity contribution in [2.75, 3.05) is 13.2 Å². The molecule has 0 saturated carbocycles. The molecule has 0 aliphatic carbocycles. The third-order valence-corrected chi connectivity index (χ3v) is 5.48. The summed E-state index contributed by atoms with van der Waals surface area (Å²) in [6, 6.07) is 10.5. The lowest BCUT2D eigenvalue weighted by Gasteiger charge is -2.14. The van der Waals surface area contributed by atoms with E-state index in [1.807, 2.05) is 26.0 Å². The molecule has 1 fully saturated rings. The number of nitrogens with zero attached hydrogens (tertiary/aromatic N) is 2. The normalized spacial score (nSPS) is 15.9. The van der Waals surface area contributed by atoms with Crippen LogP contribution in [0.3, 0.4) is 0 Å². The molecule has 7 nitrogen and oxygen atoms in total. The molecule has 2 aromatic heterocycles. The molecule has 3 aromatic rings. The van der Waals surface area contributed by atoms with Gasteiger partial charge in [-0.3, -0.25) is 14.4 Å².